The molecule has 23 nitrogen and oxygen atoms in total. The molecule has 0 fully saturated rings. The topological polar surface area (TPSA) is 359 Å². The summed E-state index contributed by atoms with van der Waals surface area (Å²) in [6.45, 7) is 0. The molecular formula is C52H71N3O20S. The number of nitrogen functional groups attached to an aromatic ring is 2. The Morgan fingerprint density at radius 3 is 1.21 bits per heavy atom. The largest absolute Gasteiger partial charge is 0.493 e. The molecule has 0 heterocycles. The fourth-order valence-corrected chi connectivity index (χ4v) is 6.25. The van der Waals surface area contributed by atoms with Crippen LogP contribution >= 0.6 is 0 Å². The monoisotopic (exact) mass is 1090 g/mol. The van der Waals surface area contributed by atoms with Gasteiger partial charge in [-0.1, -0.05) is 56.0 Å². The summed E-state index contributed by atoms with van der Waals surface area (Å²) < 4.78 is 72.4. The lowest BCUT2D eigenvalue weighted by molar-refractivity contribution is -0.140. The molecular weight excluding hydrogens is 1020 g/mol. The van der Waals surface area contributed by atoms with Gasteiger partial charge < -0.3 is 70.0 Å². The van der Waals surface area contributed by atoms with Gasteiger partial charge in [0.1, 0.15) is 0 Å². The van der Waals surface area contributed by atoms with Crippen molar-refractivity contribution in [2.45, 2.75) is 52.4 Å². The maximum absolute atomic E-state index is 12.4. The Kier molecular flexibility index (Phi) is 35.1. The average molecular weight is 1090 g/mol. The average Bonchev–Trinajstić information content (AvgIpc) is 3.37. The summed E-state index contributed by atoms with van der Waals surface area (Å²) in [5.74, 6) is 0.770. The summed E-state index contributed by atoms with van der Waals surface area (Å²) in [5, 5.41) is 26.9. The van der Waals surface area contributed by atoms with E-state index in [9.17, 15) is 24.0 Å². The Morgan fingerprint density at radius 1 is 0.500 bits per heavy atom. The zero-order chi connectivity index (χ0) is 57.1. The highest BCUT2D eigenvalue weighted by molar-refractivity contribution is 7.79. The van der Waals surface area contributed by atoms with Gasteiger partial charge in [0, 0.05) is 37.0 Å². The molecule has 0 saturated carbocycles. The number of methoxy groups -OCH3 is 8. The number of aliphatic hydroxyl groups is 1. The summed E-state index contributed by atoms with van der Waals surface area (Å²) in [6.07, 6.45) is 1.63. The first-order valence-corrected chi connectivity index (χ1v) is 23.3. The molecule has 0 aliphatic heterocycles. The molecule has 0 radical (unpaired) electrons. The number of carboxylic acids is 2. The van der Waals surface area contributed by atoms with Crippen molar-refractivity contribution in [1.29, 1.82) is 0 Å². The molecule has 0 aromatic heterocycles. The normalized spacial score (nSPS) is 9.63. The number of carbonyl (C=O) groups is 5. The number of carboxylic acid groups (broad SMARTS) is 2. The van der Waals surface area contributed by atoms with E-state index in [-0.39, 0.29) is 57.4 Å². The smallest absolute Gasteiger partial charge is 0.394 e. The van der Waals surface area contributed by atoms with Crippen molar-refractivity contribution < 1.29 is 94.7 Å². The van der Waals surface area contributed by atoms with Crippen molar-refractivity contribution in [2.75, 3.05) is 80.8 Å². The summed E-state index contributed by atoms with van der Waals surface area (Å²) in [7, 11) is 8.26. The first-order valence-electron chi connectivity index (χ1n) is 21.9. The molecule has 0 unspecified atom stereocenters. The Hall–Kier alpha value is -8.32. The van der Waals surface area contributed by atoms with Gasteiger partial charge in [-0.15, -0.1) is 0 Å². The van der Waals surface area contributed by atoms with Crippen LogP contribution in [0.1, 0.15) is 48.1 Å². The van der Waals surface area contributed by atoms with Crippen molar-refractivity contribution in [3.8, 4) is 34.5 Å². The number of benzene rings is 5. The lowest BCUT2D eigenvalue weighted by Crippen LogP contribution is -2.13. The second-order valence-corrected chi connectivity index (χ2v) is 15.5. The van der Waals surface area contributed by atoms with Gasteiger partial charge in [0.2, 0.25) is 17.4 Å². The van der Waals surface area contributed by atoms with Crippen LogP contribution in [-0.4, -0.2) is 127 Å². The van der Waals surface area contributed by atoms with E-state index < -0.39 is 22.3 Å². The Morgan fingerprint density at radius 2 is 0.868 bits per heavy atom. The number of esters is 2. The number of amides is 1. The molecule has 5 rings (SSSR count). The molecule has 0 saturated heterocycles. The molecule has 5 aromatic rings. The molecule has 420 valence electrons. The molecule has 0 bridgehead atoms. The number of aryl methyl sites for hydroxylation is 2. The molecule has 76 heavy (non-hydrogen) atoms. The molecule has 10 N–H and O–H groups in total. The molecule has 5 aromatic carbocycles. The van der Waals surface area contributed by atoms with Gasteiger partial charge in [-0.05, 0) is 89.2 Å². The number of rotatable bonds is 19. The quantitative estimate of drug-likeness (QED) is 0.0259. The zero-order valence-corrected chi connectivity index (χ0v) is 43.9. The summed E-state index contributed by atoms with van der Waals surface area (Å²) in [4.78, 5) is 55.4. The Bertz CT molecular complexity index is 2670. The highest BCUT2D eigenvalue weighted by atomic mass is 32.3. The standard InChI is InChI=1S/C21H25NO6.C12H16O5.C9H11NO2.C8H9NO2.CH4O.CH4.H2O4S/c1-25-17-10-8-15(20(27-3)21(17)28-4)9-11-18(23)22-16-7-5-6-14(12-16)13-19(24)26-2;1-15-9-6-4-8(5-7-10(13)14)11(16-2)12(9)17-3;1-12-9(11)6-7-3-2-4-8(10)5-7;9-7-3-1-2-6(4-7)5-8(10)11;1-2;;1-5(2,3)4/h5-8,10,12H,9,11,13H2,1-4H3,(H,22,23);4,6H,5,7H2,1-3H3,(H,13,14);2-5H,6,10H2,1H3;1-4H,5,9H2,(H,10,11);2H,1H3;1H4;(H2,1,2,3,4). The number of nitrogens with one attached hydrogen (secondary N) is 1. The van der Waals surface area contributed by atoms with Crippen LogP contribution in [0.4, 0.5) is 17.1 Å². The minimum atomic E-state index is -4.67. The van der Waals surface area contributed by atoms with Crippen LogP contribution in [0.25, 0.3) is 0 Å². The van der Waals surface area contributed by atoms with Crippen LogP contribution in [0.3, 0.4) is 0 Å². The van der Waals surface area contributed by atoms with Crippen LogP contribution in [0.15, 0.2) is 97.1 Å². The van der Waals surface area contributed by atoms with Gasteiger partial charge in [-0.25, -0.2) is 0 Å². The van der Waals surface area contributed by atoms with E-state index in [1.807, 2.05) is 18.2 Å². The summed E-state index contributed by atoms with van der Waals surface area (Å²) in [5.41, 5.74) is 16.9. The number of ether oxygens (including phenoxy) is 8. The number of nitrogens with two attached hydrogens (primary N) is 2. The summed E-state index contributed by atoms with van der Waals surface area (Å²) >= 11 is 0. The van der Waals surface area contributed by atoms with Gasteiger partial charge in [-0.3, -0.25) is 33.1 Å². The molecule has 1 amide bonds. The lowest BCUT2D eigenvalue weighted by Gasteiger charge is -2.15. The van der Waals surface area contributed by atoms with Crippen LogP contribution in [-0.2, 0) is 75.9 Å². The number of aliphatic carboxylic acids is 2. The fraction of sp³-hybridized carbons (Fsp3) is 0.327. The Balaban J connectivity index is 0. The molecule has 0 aliphatic carbocycles. The van der Waals surface area contributed by atoms with E-state index in [1.54, 1.807) is 93.1 Å². The zero-order valence-electron chi connectivity index (χ0n) is 43.1. The predicted molar refractivity (Wildman–Crippen MR) is 285 cm³/mol. The van der Waals surface area contributed by atoms with E-state index in [1.165, 1.54) is 42.7 Å². The molecule has 24 heteroatoms. The number of hydrogen-bond acceptors (Lipinski definition) is 18. The van der Waals surface area contributed by atoms with E-state index in [4.69, 9.17) is 72.7 Å². The van der Waals surface area contributed by atoms with Crippen molar-refractivity contribution >= 4 is 57.2 Å². The van der Waals surface area contributed by atoms with Gasteiger partial charge >= 0.3 is 34.3 Å². The number of anilines is 3. The SMILES string of the molecule is C.CO.COC(=O)Cc1cccc(N)c1.COC(=O)Cc1cccc(NC(=O)CCc2ccc(OC)c(OC)c2OC)c1.COc1ccc(CCC(=O)O)c(OC)c1OC.Nc1cccc(CC(=O)O)c1.O=S(=O)(O)O. The van der Waals surface area contributed by atoms with Crippen molar-refractivity contribution in [3.63, 3.8) is 0 Å². The van der Waals surface area contributed by atoms with Crippen molar-refractivity contribution in [3.05, 3.63) is 125 Å². The van der Waals surface area contributed by atoms with E-state index in [0.29, 0.717) is 64.4 Å². The van der Waals surface area contributed by atoms with Crippen molar-refractivity contribution in [1.82, 2.24) is 0 Å². The third-order valence-corrected chi connectivity index (χ3v) is 9.42. The van der Waals surface area contributed by atoms with Crippen LogP contribution in [0.2, 0.25) is 0 Å². The minimum absolute atomic E-state index is 0. The first kappa shape index (κ1) is 69.8. The maximum atomic E-state index is 12.4. The molecule has 0 spiro atoms. The molecule has 0 aliphatic rings. The van der Waals surface area contributed by atoms with Gasteiger partial charge in [-0.2, -0.15) is 8.42 Å². The second kappa shape index (κ2) is 38.3. The number of hydrogen-bond donors (Lipinski definition) is 8. The number of carbonyl (C=O) groups excluding carboxylic acids is 3. The minimum Gasteiger partial charge on any atom is -0.493 e. The van der Waals surface area contributed by atoms with Crippen LogP contribution in [0, 0.1) is 0 Å². The highest BCUT2D eigenvalue weighted by Crippen LogP contribution is 2.41. The Labute approximate surface area is 443 Å². The predicted octanol–water partition coefficient (Wildman–Crippen LogP) is 6.20. The maximum Gasteiger partial charge on any atom is 0.394 e. The third-order valence-electron chi connectivity index (χ3n) is 9.42. The van der Waals surface area contributed by atoms with E-state index in [2.05, 4.69) is 14.8 Å². The van der Waals surface area contributed by atoms with Crippen molar-refractivity contribution in [2.24, 2.45) is 0 Å². The number of aliphatic hydroxyl groups excluding tert-OH is 1. The molecule has 0 atom stereocenters. The lowest BCUT2D eigenvalue weighted by atomic mass is 10.1. The third kappa shape index (κ3) is 28.8. The van der Waals surface area contributed by atoms with Gasteiger partial charge in [0.25, 0.3) is 0 Å². The van der Waals surface area contributed by atoms with Gasteiger partial charge in [0.05, 0.1) is 76.1 Å². The van der Waals surface area contributed by atoms with Gasteiger partial charge in [0.15, 0.2) is 23.0 Å². The van der Waals surface area contributed by atoms with E-state index in [0.717, 1.165) is 34.9 Å². The highest BCUT2D eigenvalue weighted by Gasteiger charge is 2.18. The second-order valence-electron chi connectivity index (χ2n) is 14.6. The van der Waals surface area contributed by atoms with Crippen LogP contribution < -0.4 is 45.2 Å². The first-order chi connectivity index (χ1) is 35.5. The van der Waals surface area contributed by atoms with E-state index >= 15 is 0 Å². The fourth-order valence-electron chi connectivity index (χ4n) is 6.25. The van der Waals surface area contributed by atoms with Crippen LogP contribution in [0.5, 0.6) is 34.5 Å². The summed E-state index contributed by atoms with van der Waals surface area (Å²) in [6, 6.07) is 28.3.